The van der Waals surface area contributed by atoms with Crippen LogP contribution in [0.4, 0.5) is 0 Å². The maximum atomic E-state index is 10.5. The van der Waals surface area contributed by atoms with Crippen molar-refractivity contribution in [2.24, 2.45) is 11.8 Å². The van der Waals surface area contributed by atoms with Crippen LogP contribution in [0.25, 0.3) is 0 Å². The predicted octanol–water partition coefficient (Wildman–Crippen LogP) is 5.81. The molecule has 0 unspecified atom stereocenters. The Kier molecular flexibility index (Phi) is 8.03. The van der Waals surface area contributed by atoms with E-state index in [1.807, 2.05) is 0 Å². The summed E-state index contributed by atoms with van der Waals surface area (Å²) in [4.78, 5) is 0. The Morgan fingerprint density at radius 3 is 2.00 bits per heavy atom. The van der Waals surface area contributed by atoms with E-state index in [0.29, 0.717) is 11.8 Å². The van der Waals surface area contributed by atoms with E-state index in [1.165, 1.54) is 23.1 Å². The molecule has 0 aliphatic heterocycles. The van der Waals surface area contributed by atoms with Crippen molar-refractivity contribution < 1.29 is 5.11 Å². The molecule has 0 aromatic rings. The molecular weight excluding hydrogens is 256 g/mol. The van der Waals surface area contributed by atoms with Gasteiger partial charge in [0.25, 0.3) is 0 Å². The van der Waals surface area contributed by atoms with E-state index >= 15 is 0 Å². The SMILES string of the molecule is C/C1=C\CC/C(C)=C/[C@H](O)[C@H](C(C)C)CC/C(C)=C/CC1. The zero-order valence-electron chi connectivity index (χ0n) is 14.7. The van der Waals surface area contributed by atoms with E-state index in [1.54, 1.807) is 0 Å². The first kappa shape index (κ1) is 18.2. The highest BCUT2D eigenvalue weighted by molar-refractivity contribution is 5.09. The van der Waals surface area contributed by atoms with Gasteiger partial charge in [-0.15, -0.1) is 0 Å². The number of allylic oxidation sites excluding steroid dienone is 5. The van der Waals surface area contributed by atoms with Gasteiger partial charge in [-0.2, -0.15) is 0 Å². The maximum Gasteiger partial charge on any atom is 0.0754 e. The lowest BCUT2D eigenvalue weighted by Gasteiger charge is -2.25. The van der Waals surface area contributed by atoms with E-state index in [0.717, 1.165) is 32.1 Å². The Bertz CT molecular complexity index is 398. The third-order valence-corrected chi connectivity index (χ3v) is 4.69. The largest absolute Gasteiger partial charge is 0.389 e. The molecule has 1 nitrogen and oxygen atoms in total. The van der Waals surface area contributed by atoms with Crippen LogP contribution in [0.15, 0.2) is 34.9 Å². The normalized spacial score (nSPS) is 34.1. The second kappa shape index (κ2) is 9.25. The standard InChI is InChI=1S/C20H34O/c1-15(2)19-13-12-17(4)10-6-8-16(3)9-7-11-18(5)14-20(19)21/h9-10,14-15,19-21H,6-8,11-13H2,1-5H3/b16-9+,17-10+,18-14+/t19-,20-/m0/s1. The smallest absolute Gasteiger partial charge is 0.0754 e. The number of rotatable bonds is 1. The average Bonchev–Trinajstić information content (AvgIpc) is 2.37. The summed E-state index contributed by atoms with van der Waals surface area (Å²) in [6.07, 6.45) is 13.2. The third kappa shape index (κ3) is 7.13. The molecule has 0 fully saturated rings. The van der Waals surface area contributed by atoms with Crippen LogP contribution in [-0.2, 0) is 0 Å². The van der Waals surface area contributed by atoms with Crippen molar-refractivity contribution in [2.45, 2.75) is 79.2 Å². The Balaban J connectivity index is 2.88. The highest BCUT2D eigenvalue weighted by Crippen LogP contribution is 2.26. The van der Waals surface area contributed by atoms with Gasteiger partial charge < -0.3 is 5.11 Å². The number of hydrogen-bond acceptors (Lipinski definition) is 1. The molecule has 0 amide bonds. The first-order valence-electron chi connectivity index (χ1n) is 8.56. The summed E-state index contributed by atoms with van der Waals surface area (Å²) in [6, 6.07) is 0. The topological polar surface area (TPSA) is 20.2 Å². The van der Waals surface area contributed by atoms with Crippen LogP contribution in [0.3, 0.4) is 0 Å². The molecule has 1 aliphatic rings. The summed E-state index contributed by atoms with van der Waals surface area (Å²) >= 11 is 0. The van der Waals surface area contributed by atoms with Gasteiger partial charge >= 0.3 is 0 Å². The highest BCUT2D eigenvalue weighted by atomic mass is 16.3. The van der Waals surface area contributed by atoms with Crippen molar-refractivity contribution in [2.75, 3.05) is 0 Å². The Morgan fingerprint density at radius 2 is 1.43 bits per heavy atom. The molecule has 0 saturated carbocycles. The molecule has 1 heteroatoms. The van der Waals surface area contributed by atoms with Crippen molar-refractivity contribution in [1.29, 1.82) is 0 Å². The molecule has 1 aliphatic carbocycles. The summed E-state index contributed by atoms with van der Waals surface area (Å²) < 4.78 is 0. The van der Waals surface area contributed by atoms with Crippen LogP contribution in [0.5, 0.6) is 0 Å². The molecule has 0 heterocycles. The Morgan fingerprint density at radius 1 is 0.905 bits per heavy atom. The lowest BCUT2D eigenvalue weighted by Crippen LogP contribution is -2.24. The fourth-order valence-corrected chi connectivity index (χ4v) is 3.09. The fourth-order valence-electron chi connectivity index (χ4n) is 3.09. The molecule has 0 aromatic heterocycles. The van der Waals surface area contributed by atoms with E-state index in [2.05, 4.69) is 52.8 Å². The Labute approximate surface area is 131 Å². The van der Waals surface area contributed by atoms with Gasteiger partial charge in [0, 0.05) is 0 Å². The molecule has 120 valence electrons. The second-order valence-corrected chi connectivity index (χ2v) is 7.13. The zero-order valence-corrected chi connectivity index (χ0v) is 14.7. The monoisotopic (exact) mass is 290 g/mol. The van der Waals surface area contributed by atoms with Crippen LogP contribution in [0.1, 0.15) is 73.1 Å². The second-order valence-electron chi connectivity index (χ2n) is 7.13. The van der Waals surface area contributed by atoms with Crippen molar-refractivity contribution >= 4 is 0 Å². The molecule has 0 spiro atoms. The molecular formula is C20H34O. The fraction of sp³-hybridized carbons (Fsp3) is 0.700. The minimum absolute atomic E-state index is 0.300. The van der Waals surface area contributed by atoms with Gasteiger partial charge in [0.1, 0.15) is 0 Å². The molecule has 1 N–H and O–H groups in total. The average molecular weight is 290 g/mol. The predicted molar refractivity (Wildman–Crippen MR) is 93.3 cm³/mol. The van der Waals surface area contributed by atoms with Crippen molar-refractivity contribution in [3.8, 4) is 0 Å². The summed E-state index contributed by atoms with van der Waals surface area (Å²) in [5, 5.41) is 10.5. The molecule has 0 bridgehead atoms. The quantitative estimate of drug-likeness (QED) is 0.604. The van der Waals surface area contributed by atoms with E-state index in [-0.39, 0.29) is 6.10 Å². The van der Waals surface area contributed by atoms with Crippen molar-refractivity contribution in [1.82, 2.24) is 0 Å². The van der Waals surface area contributed by atoms with Gasteiger partial charge in [-0.1, -0.05) is 48.8 Å². The van der Waals surface area contributed by atoms with E-state index < -0.39 is 0 Å². The molecule has 0 saturated heterocycles. The summed E-state index contributed by atoms with van der Waals surface area (Å²) in [7, 11) is 0. The summed E-state index contributed by atoms with van der Waals surface area (Å²) in [5.41, 5.74) is 4.28. The lowest BCUT2D eigenvalue weighted by molar-refractivity contribution is 0.115. The van der Waals surface area contributed by atoms with Gasteiger partial charge in [-0.3, -0.25) is 0 Å². The molecule has 0 radical (unpaired) electrons. The lowest BCUT2D eigenvalue weighted by atomic mass is 9.84. The first-order valence-corrected chi connectivity index (χ1v) is 8.56. The Hall–Kier alpha value is -0.820. The minimum Gasteiger partial charge on any atom is -0.389 e. The van der Waals surface area contributed by atoms with E-state index in [4.69, 9.17) is 0 Å². The van der Waals surface area contributed by atoms with Crippen LogP contribution in [0.2, 0.25) is 0 Å². The molecule has 0 aromatic carbocycles. The van der Waals surface area contributed by atoms with Crippen molar-refractivity contribution in [3.63, 3.8) is 0 Å². The van der Waals surface area contributed by atoms with Crippen molar-refractivity contribution in [3.05, 3.63) is 34.9 Å². The highest BCUT2D eigenvalue weighted by Gasteiger charge is 2.20. The van der Waals surface area contributed by atoms with Crippen LogP contribution in [0, 0.1) is 11.8 Å². The van der Waals surface area contributed by atoms with Gasteiger partial charge in [0.15, 0.2) is 0 Å². The number of aliphatic hydroxyl groups is 1. The summed E-state index contributed by atoms with van der Waals surface area (Å²) in [5.74, 6) is 0.885. The van der Waals surface area contributed by atoms with Gasteiger partial charge in [-0.05, 0) is 71.1 Å². The summed E-state index contributed by atoms with van der Waals surface area (Å²) in [6.45, 7) is 11.1. The number of hydrogen-bond donors (Lipinski definition) is 1. The first-order chi connectivity index (χ1) is 9.90. The van der Waals surface area contributed by atoms with Gasteiger partial charge in [0.2, 0.25) is 0 Å². The van der Waals surface area contributed by atoms with Gasteiger partial charge in [-0.25, -0.2) is 0 Å². The van der Waals surface area contributed by atoms with Crippen LogP contribution in [-0.4, -0.2) is 11.2 Å². The van der Waals surface area contributed by atoms with Gasteiger partial charge in [0.05, 0.1) is 6.10 Å². The third-order valence-electron chi connectivity index (χ3n) is 4.69. The zero-order chi connectivity index (χ0) is 15.8. The molecule has 21 heavy (non-hydrogen) atoms. The minimum atomic E-state index is -0.300. The van der Waals surface area contributed by atoms with Crippen LogP contribution >= 0.6 is 0 Å². The maximum absolute atomic E-state index is 10.5. The number of aliphatic hydroxyl groups excluding tert-OH is 1. The van der Waals surface area contributed by atoms with Crippen LogP contribution < -0.4 is 0 Å². The van der Waals surface area contributed by atoms with E-state index in [9.17, 15) is 5.11 Å². The molecule has 1 rings (SSSR count). The molecule has 2 atom stereocenters.